The van der Waals surface area contributed by atoms with E-state index in [9.17, 15) is 24.1 Å². The topological polar surface area (TPSA) is 117 Å². The number of rotatable bonds is 8. The minimum atomic E-state index is -1.23. The maximum atomic E-state index is 13.4. The van der Waals surface area contributed by atoms with Crippen molar-refractivity contribution in [2.75, 3.05) is 19.5 Å². The molecule has 2 aromatic carbocycles. The Hall–Kier alpha value is -3.66. The van der Waals surface area contributed by atoms with Crippen LogP contribution in [0.5, 0.6) is 11.5 Å². The highest BCUT2D eigenvalue weighted by molar-refractivity contribution is 6.32. The normalized spacial score (nSPS) is 11.6. The average Bonchev–Trinajstić information content (AvgIpc) is 2.72. The predicted octanol–water partition coefficient (Wildman–Crippen LogP) is 3.99. The van der Waals surface area contributed by atoms with Crippen LogP contribution in [-0.4, -0.2) is 37.1 Å². The van der Waals surface area contributed by atoms with Crippen LogP contribution in [0.3, 0.4) is 0 Å². The van der Waals surface area contributed by atoms with Crippen LogP contribution in [0.1, 0.15) is 12.5 Å². The third kappa shape index (κ3) is 6.16. The molecule has 31 heavy (non-hydrogen) atoms. The first kappa shape index (κ1) is 23.6. The molecule has 0 spiro atoms. The molecular weight excluding hydrogens is 435 g/mol. The van der Waals surface area contributed by atoms with Gasteiger partial charge in [-0.2, -0.15) is 4.39 Å². The summed E-state index contributed by atoms with van der Waals surface area (Å²) >= 11 is 6.10. The number of hydrogen-bond donors (Lipinski definition) is 1. The second kappa shape index (κ2) is 10.4. The van der Waals surface area contributed by atoms with Gasteiger partial charge in [-0.15, -0.1) is 0 Å². The van der Waals surface area contributed by atoms with Crippen molar-refractivity contribution in [3.63, 3.8) is 0 Å². The lowest BCUT2D eigenvalue weighted by atomic mass is 10.2. The molecule has 1 unspecified atom stereocenters. The molecule has 0 bridgehead atoms. The van der Waals surface area contributed by atoms with E-state index in [1.807, 2.05) is 0 Å². The number of nitro benzene ring substituents is 1. The van der Waals surface area contributed by atoms with Crippen LogP contribution in [0.15, 0.2) is 36.4 Å². The zero-order chi connectivity index (χ0) is 23.1. The van der Waals surface area contributed by atoms with Crippen LogP contribution in [-0.2, 0) is 14.3 Å². The first-order chi connectivity index (χ1) is 14.7. The van der Waals surface area contributed by atoms with Crippen LogP contribution in [0.25, 0.3) is 6.08 Å². The molecule has 2 aromatic rings. The highest BCUT2D eigenvalue weighted by atomic mass is 35.5. The fourth-order valence-corrected chi connectivity index (χ4v) is 2.74. The average molecular weight is 453 g/mol. The molecule has 0 aliphatic carbocycles. The van der Waals surface area contributed by atoms with Crippen LogP contribution in [0.4, 0.5) is 15.8 Å². The molecule has 0 heterocycles. The predicted molar refractivity (Wildman–Crippen MR) is 111 cm³/mol. The number of anilines is 1. The van der Waals surface area contributed by atoms with Gasteiger partial charge in [0.25, 0.3) is 5.91 Å². The van der Waals surface area contributed by atoms with Gasteiger partial charge in [-0.25, -0.2) is 4.79 Å². The van der Waals surface area contributed by atoms with Crippen LogP contribution in [0, 0.1) is 15.9 Å². The summed E-state index contributed by atoms with van der Waals surface area (Å²) in [6.07, 6.45) is 1.27. The molecule has 1 atom stereocenters. The fourth-order valence-electron chi connectivity index (χ4n) is 2.44. The molecule has 11 heteroatoms. The van der Waals surface area contributed by atoms with E-state index >= 15 is 0 Å². The Bertz CT molecular complexity index is 1040. The van der Waals surface area contributed by atoms with Gasteiger partial charge < -0.3 is 19.5 Å². The van der Waals surface area contributed by atoms with E-state index in [2.05, 4.69) is 5.32 Å². The number of benzene rings is 2. The lowest BCUT2D eigenvalue weighted by Gasteiger charge is -2.12. The SMILES string of the molecule is COc1cc(/C=C/C(=O)OC(C)C(=O)Nc2ccc(F)c([N+](=O)[O-])c2)cc(Cl)c1OC. The number of esters is 1. The van der Waals surface area contributed by atoms with Gasteiger partial charge in [-0.1, -0.05) is 11.6 Å². The lowest BCUT2D eigenvalue weighted by Crippen LogP contribution is -2.29. The molecule has 0 aromatic heterocycles. The van der Waals surface area contributed by atoms with E-state index in [0.717, 1.165) is 24.3 Å². The maximum Gasteiger partial charge on any atom is 0.331 e. The number of carbonyl (C=O) groups excluding carboxylic acids is 2. The van der Waals surface area contributed by atoms with Crippen LogP contribution in [0.2, 0.25) is 5.02 Å². The second-order valence-corrected chi connectivity index (χ2v) is 6.47. The first-order valence-corrected chi connectivity index (χ1v) is 9.09. The van der Waals surface area contributed by atoms with Crippen LogP contribution < -0.4 is 14.8 Å². The quantitative estimate of drug-likeness (QED) is 0.278. The Morgan fingerprint density at radius 2 is 1.94 bits per heavy atom. The number of nitro groups is 1. The Balaban J connectivity index is 2.02. The minimum Gasteiger partial charge on any atom is -0.493 e. The highest BCUT2D eigenvalue weighted by Crippen LogP contribution is 2.36. The Morgan fingerprint density at radius 1 is 1.23 bits per heavy atom. The molecule has 1 amide bonds. The summed E-state index contributed by atoms with van der Waals surface area (Å²) in [7, 11) is 2.87. The molecule has 164 valence electrons. The molecule has 0 radical (unpaired) electrons. The lowest BCUT2D eigenvalue weighted by molar-refractivity contribution is -0.387. The summed E-state index contributed by atoms with van der Waals surface area (Å²) in [6.45, 7) is 1.31. The molecule has 1 N–H and O–H groups in total. The molecule has 0 aliphatic rings. The van der Waals surface area contributed by atoms with Crippen molar-refractivity contribution in [3.8, 4) is 11.5 Å². The molecule has 0 aliphatic heterocycles. The summed E-state index contributed by atoms with van der Waals surface area (Å²) in [5.74, 6) is -1.90. The van der Waals surface area contributed by atoms with Crippen molar-refractivity contribution >= 4 is 40.9 Å². The third-order valence-corrected chi connectivity index (χ3v) is 4.22. The molecule has 0 saturated heterocycles. The van der Waals surface area contributed by atoms with Gasteiger partial charge in [0.2, 0.25) is 5.82 Å². The van der Waals surface area contributed by atoms with Gasteiger partial charge in [0.15, 0.2) is 17.6 Å². The number of hydrogen-bond acceptors (Lipinski definition) is 7. The Kier molecular flexibility index (Phi) is 7.92. The zero-order valence-corrected chi connectivity index (χ0v) is 17.4. The van der Waals surface area contributed by atoms with E-state index in [1.54, 1.807) is 12.1 Å². The van der Waals surface area contributed by atoms with Crippen molar-refractivity contribution in [2.24, 2.45) is 0 Å². The second-order valence-electron chi connectivity index (χ2n) is 6.06. The number of carbonyl (C=O) groups is 2. The smallest absolute Gasteiger partial charge is 0.331 e. The molecular formula is C20H18ClFN2O7. The minimum absolute atomic E-state index is 0.0171. The van der Waals surface area contributed by atoms with E-state index in [-0.39, 0.29) is 10.7 Å². The number of ether oxygens (including phenoxy) is 3. The number of nitrogens with zero attached hydrogens (tertiary/aromatic N) is 1. The summed E-state index contributed by atoms with van der Waals surface area (Å²) < 4.78 is 28.7. The molecule has 9 nitrogen and oxygen atoms in total. The van der Waals surface area contributed by atoms with Crippen molar-refractivity contribution in [2.45, 2.75) is 13.0 Å². The Labute approximate surface area is 181 Å². The summed E-state index contributed by atoms with van der Waals surface area (Å²) in [4.78, 5) is 34.0. The van der Waals surface area contributed by atoms with Gasteiger partial charge >= 0.3 is 11.7 Å². The van der Waals surface area contributed by atoms with E-state index in [4.69, 9.17) is 25.8 Å². The van der Waals surface area contributed by atoms with Gasteiger partial charge in [-0.3, -0.25) is 14.9 Å². The molecule has 0 saturated carbocycles. The molecule has 2 rings (SSSR count). The van der Waals surface area contributed by atoms with Gasteiger partial charge in [-0.05, 0) is 42.8 Å². The number of amides is 1. The Morgan fingerprint density at radius 3 is 2.55 bits per heavy atom. The largest absolute Gasteiger partial charge is 0.493 e. The maximum absolute atomic E-state index is 13.4. The summed E-state index contributed by atoms with van der Waals surface area (Å²) in [5, 5.41) is 13.4. The van der Waals surface area contributed by atoms with Gasteiger partial charge in [0.05, 0.1) is 24.2 Å². The monoisotopic (exact) mass is 452 g/mol. The van der Waals surface area contributed by atoms with Crippen molar-refractivity contribution in [3.05, 3.63) is 62.9 Å². The highest BCUT2D eigenvalue weighted by Gasteiger charge is 2.20. The fraction of sp³-hybridized carbons (Fsp3) is 0.200. The van der Waals surface area contributed by atoms with E-state index in [1.165, 1.54) is 27.2 Å². The van der Waals surface area contributed by atoms with Crippen LogP contribution >= 0.6 is 11.6 Å². The van der Waals surface area contributed by atoms with Crippen molar-refractivity contribution in [1.29, 1.82) is 0 Å². The van der Waals surface area contributed by atoms with Gasteiger partial charge in [0, 0.05) is 17.8 Å². The van der Waals surface area contributed by atoms with Crippen molar-refractivity contribution < 1.29 is 33.1 Å². The first-order valence-electron chi connectivity index (χ1n) is 8.71. The van der Waals surface area contributed by atoms with Crippen molar-refractivity contribution in [1.82, 2.24) is 0 Å². The van der Waals surface area contributed by atoms with Gasteiger partial charge in [0.1, 0.15) is 0 Å². The van der Waals surface area contributed by atoms with E-state index in [0.29, 0.717) is 17.1 Å². The zero-order valence-electron chi connectivity index (χ0n) is 16.7. The number of methoxy groups -OCH3 is 2. The summed E-state index contributed by atoms with van der Waals surface area (Å²) in [6, 6.07) is 6.00. The molecule has 0 fully saturated rings. The standard InChI is InChI=1S/C20H18ClFN2O7/c1-11(20(26)23-13-5-6-15(22)16(10-13)24(27)28)31-18(25)7-4-12-8-14(21)19(30-3)17(9-12)29-2/h4-11H,1-3H3,(H,23,26)/b7-4+. The third-order valence-electron chi connectivity index (χ3n) is 3.94. The number of halogens is 2. The van der Waals surface area contributed by atoms with E-state index < -0.39 is 34.4 Å². The number of nitrogens with one attached hydrogen (secondary N) is 1. The summed E-state index contributed by atoms with van der Waals surface area (Å²) in [5.41, 5.74) is -0.286.